The molecule has 1 rings (SSSR count). The van der Waals surface area contributed by atoms with Gasteiger partial charge >= 0.3 is 0 Å². The molecule has 1 aromatic rings. The summed E-state index contributed by atoms with van der Waals surface area (Å²) in [4.78, 5) is 0. The normalized spacial score (nSPS) is 12.6. The summed E-state index contributed by atoms with van der Waals surface area (Å²) in [5.41, 5.74) is 6.98. The van der Waals surface area contributed by atoms with Crippen molar-refractivity contribution in [1.82, 2.24) is 0 Å². The Balaban J connectivity index is 2.15. The Labute approximate surface area is 127 Å². The van der Waals surface area contributed by atoms with Gasteiger partial charge in [-0.3, -0.25) is 0 Å². The second-order valence-electron chi connectivity index (χ2n) is 5.54. The molecule has 0 heterocycles. The lowest BCUT2D eigenvalue weighted by molar-refractivity contribution is 0.535. The molecule has 0 saturated heterocycles. The SMILES string of the molecule is CCCCCCCCCCC(N)c1ccc(F)cc1Cl. The Morgan fingerprint density at radius 1 is 1.05 bits per heavy atom. The van der Waals surface area contributed by atoms with E-state index < -0.39 is 0 Å². The zero-order chi connectivity index (χ0) is 14.8. The largest absolute Gasteiger partial charge is 0.324 e. The third-order valence-corrected chi connectivity index (χ3v) is 4.06. The monoisotopic (exact) mass is 299 g/mol. The van der Waals surface area contributed by atoms with Gasteiger partial charge in [0.25, 0.3) is 0 Å². The average Bonchev–Trinajstić information content (AvgIpc) is 2.41. The van der Waals surface area contributed by atoms with E-state index in [9.17, 15) is 4.39 Å². The molecular formula is C17H27ClFN. The molecule has 0 amide bonds. The first kappa shape index (κ1) is 17.5. The van der Waals surface area contributed by atoms with Crippen LogP contribution in [-0.2, 0) is 0 Å². The van der Waals surface area contributed by atoms with Crippen LogP contribution in [0, 0.1) is 5.82 Å². The Morgan fingerprint density at radius 2 is 1.65 bits per heavy atom. The van der Waals surface area contributed by atoms with E-state index in [1.807, 2.05) is 0 Å². The van der Waals surface area contributed by atoms with E-state index in [1.165, 1.54) is 57.1 Å². The van der Waals surface area contributed by atoms with Crippen molar-refractivity contribution in [3.8, 4) is 0 Å². The number of unbranched alkanes of at least 4 members (excludes halogenated alkanes) is 7. The molecule has 114 valence electrons. The third kappa shape index (κ3) is 6.71. The summed E-state index contributed by atoms with van der Waals surface area (Å²) in [7, 11) is 0. The number of halogens is 2. The van der Waals surface area contributed by atoms with Crippen molar-refractivity contribution in [3.63, 3.8) is 0 Å². The molecule has 0 fully saturated rings. The standard InChI is InChI=1S/C17H27ClFN/c1-2-3-4-5-6-7-8-9-10-17(20)15-12-11-14(19)13-16(15)18/h11-13,17H,2-10,20H2,1H3. The maximum atomic E-state index is 13.0. The highest BCUT2D eigenvalue weighted by Gasteiger charge is 2.10. The molecule has 0 saturated carbocycles. The van der Waals surface area contributed by atoms with E-state index in [4.69, 9.17) is 17.3 Å². The number of nitrogens with two attached hydrogens (primary N) is 1. The summed E-state index contributed by atoms with van der Waals surface area (Å²) in [5.74, 6) is -0.307. The van der Waals surface area contributed by atoms with Gasteiger partial charge < -0.3 is 5.73 Å². The highest BCUT2D eigenvalue weighted by Crippen LogP contribution is 2.26. The van der Waals surface area contributed by atoms with Crippen LogP contribution in [0.1, 0.15) is 76.3 Å². The Kier molecular flexibility index (Phi) is 8.88. The number of benzene rings is 1. The van der Waals surface area contributed by atoms with Crippen LogP contribution in [0.2, 0.25) is 5.02 Å². The lowest BCUT2D eigenvalue weighted by Gasteiger charge is -2.13. The smallest absolute Gasteiger partial charge is 0.124 e. The summed E-state index contributed by atoms with van der Waals surface area (Å²) in [5, 5.41) is 0.442. The molecule has 0 bridgehead atoms. The maximum absolute atomic E-state index is 13.0. The molecule has 3 heteroatoms. The summed E-state index contributed by atoms with van der Waals surface area (Å²) in [6, 6.07) is 4.38. The van der Waals surface area contributed by atoms with Gasteiger partial charge in [-0.2, -0.15) is 0 Å². The van der Waals surface area contributed by atoms with Gasteiger partial charge in [0.15, 0.2) is 0 Å². The Bertz CT molecular complexity index is 381. The second-order valence-corrected chi connectivity index (χ2v) is 5.94. The Hall–Kier alpha value is -0.600. The van der Waals surface area contributed by atoms with Gasteiger partial charge in [0, 0.05) is 11.1 Å². The molecule has 20 heavy (non-hydrogen) atoms. The lowest BCUT2D eigenvalue weighted by atomic mass is 10.00. The van der Waals surface area contributed by atoms with Crippen molar-refractivity contribution in [1.29, 1.82) is 0 Å². The van der Waals surface area contributed by atoms with Crippen molar-refractivity contribution < 1.29 is 4.39 Å². The van der Waals surface area contributed by atoms with Gasteiger partial charge in [-0.15, -0.1) is 0 Å². The molecule has 0 radical (unpaired) electrons. The van der Waals surface area contributed by atoms with Gasteiger partial charge in [-0.05, 0) is 24.1 Å². The van der Waals surface area contributed by atoms with Crippen LogP contribution in [0.3, 0.4) is 0 Å². The topological polar surface area (TPSA) is 26.0 Å². The molecule has 1 aromatic carbocycles. The number of rotatable bonds is 10. The lowest BCUT2D eigenvalue weighted by Crippen LogP contribution is -2.10. The van der Waals surface area contributed by atoms with E-state index in [0.717, 1.165) is 18.4 Å². The Morgan fingerprint density at radius 3 is 2.25 bits per heavy atom. The molecule has 0 aromatic heterocycles. The molecule has 0 aliphatic rings. The van der Waals surface area contributed by atoms with E-state index in [-0.39, 0.29) is 11.9 Å². The maximum Gasteiger partial charge on any atom is 0.124 e. The van der Waals surface area contributed by atoms with Crippen LogP contribution in [-0.4, -0.2) is 0 Å². The van der Waals surface area contributed by atoms with Gasteiger partial charge in [0.2, 0.25) is 0 Å². The number of hydrogen-bond donors (Lipinski definition) is 1. The zero-order valence-corrected chi connectivity index (χ0v) is 13.3. The van der Waals surface area contributed by atoms with E-state index >= 15 is 0 Å². The van der Waals surface area contributed by atoms with Gasteiger partial charge in [0.05, 0.1) is 0 Å². The quantitative estimate of drug-likeness (QED) is 0.526. The first-order valence-corrected chi connectivity index (χ1v) is 8.23. The van der Waals surface area contributed by atoms with Gasteiger partial charge in [-0.25, -0.2) is 4.39 Å². The first-order valence-electron chi connectivity index (χ1n) is 7.85. The fraction of sp³-hybridized carbons (Fsp3) is 0.647. The summed E-state index contributed by atoms with van der Waals surface area (Å²) < 4.78 is 13.0. The minimum absolute atomic E-state index is 0.0804. The van der Waals surface area contributed by atoms with Crippen LogP contribution < -0.4 is 5.73 Å². The van der Waals surface area contributed by atoms with Crippen LogP contribution in [0.5, 0.6) is 0 Å². The van der Waals surface area contributed by atoms with Gasteiger partial charge in [-0.1, -0.05) is 76.0 Å². The molecule has 1 unspecified atom stereocenters. The van der Waals surface area contributed by atoms with E-state index in [2.05, 4.69) is 6.92 Å². The predicted molar refractivity (Wildman–Crippen MR) is 85.6 cm³/mol. The minimum atomic E-state index is -0.307. The third-order valence-electron chi connectivity index (χ3n) is 3.73. The van der Waals surface area contributed by atoms with Crippen LogP contribution in [0.4, 0.5) is 4.39 Å². The average molecular weight is 300 g/mol. The fourth-order valence-corrected chi connectivity index (χ4v) is 2.76. The molecule has 1 nitrogen and oxygen atoms in total. The second kappa shape index (κ2) is 10.2. The van der Waals surface area contributed by atoms with E-state index in [1.54, 1.807) is 6.07 Å². The molecule has 1 atom stereocenters. The highest BCUT2D eigenvalue weighted by molar-refractivity contribution is 6.31. The van der Waals surface area contributed by atoms with Crippen molar-refractivity contribution in [2.24, 2.45) is 5.73 Å². The zero-order valence-electron chi connectivity index (χ0n) is 12.5. The molecule has 2 N–H and O–H groups in total. The van der Waals surface area contributed by atoms with E-state index in [0.29, 0.717) is 5.02 Å². The molecule has 0 aliphatic carbocycles. The first-order chi connectivity index (χ1) is 9.65. The van der Waals surface area contributed by atoms with Gasteiger partial charge in [0.1, 0.15) is 5.82 Å². The van der Waals surface area contributed by atoms with Crippen molar-refractivity contribution >= 4 is 11.6 Å². The minimum Gasteiger partial charge on any atom is -0.324 e. The number of hydrogen-bond acceptors (Lipinski definition) is 1. The van der Waals surface area contributed by atoms with Crippen LogP contribution in [0.15, 0.2) is 18.2 Å². The molecule has 0 aliphatic heterocycles. The van der Waals surface area contributed by atoms with Crippen molar-refractivity contribution in [2.75, 3.05) is 0 Å². The highest BCUT2D eigenvalue weighted by atomic mass is 35.5. The van der Waals surface area contributed by atoms with Crippen LogP contribution >= 0.6 is 11.6 Å². The fourth-order valence-electron chi connectivity index (χ4n) is 2.46. The van der Waals surface area contributed by atoms with Crippen molar-refractivity contribution in [2.45, 2.75) is 70.8 Å². The molecular weight excluding hydrogens is 273 g/mol. The van der Waals surface area contributed by atoms with Crippen LogP contribution in [0.25, 0.3) is 0 Å². The predicted octanol–water partition coefficient (Wildman–Crippen LogP) is 6.01. The summed E-state index contributed by atoms with van der Waals surface area (Å²) >= 11 is 6.02. The summed E-state index contributed by atoms with van der Waals surface area (Å²) in [6.07, 6.45) is 11.2. The van der Waals surface area contributed by atoms with Crippen molar-refractivity contribution in [3.05, 3.63) is 34.6 Å². The molecule has 0 spiro atoms. The summed E-state index contributed by atoms with van der Waals surface area (Å²) in [6.45, 7) is 2.24.